The van der Waals surface area contributed by atoms with E-state index in [1.807, 2.05) is 84.4 Å². The van der Waals surface area contributed by atoms with Gasteiger partial charge in [0.05, 0.1) is 40.9 Å². The van der Waals surface area contributed by atoms with E-state index in [4.69, 9.17) is 31.4 Å². The molecule has 0 spiro atoms. The predicted octanol–water partition coefficient (Wildman–Crippen LogP) is 7.78. The van der Waals surface area contributed by atoms with Gasteiger partial charge in [-0.3, -0.25) is 0 Å². The van der Waals surface area contributed by atoms with Crippen LogP contribution in [-0.4, -0.2) is 28.6 Å². The number of fused-ring (bicyclic) bond motifs is 4. The highest BCUT2D eigenvalue weighted by atomic mass is 35.5. The minimum Gasteiger partial charge on any atom is -0.495 e. The fourth-order valence-corrected chi connectivity index (χ4v) is 5.65. The van der Waals surface area contributed by atoms with Crippen LogP contribution in [0.15, 0.2) is 107 Å². The van der Waals surface area contributed by atoms with Crippen molar-refractivity contribution < 1.29 is 9.13 Å². The summed E-state index contributed by atoms with van der Waals surface area (Å²) >= 11 is 6.45. The summed E-state index contributed by atoms with van der Waals surface area (Å²) in [6, 6.07) is 29.5. The molecule has 0 amide bonds. The Balaban J connectivity index is 1.47. The van der Waals surface area contributed by atoms with Crippen molar-refractivity contribution in [3.05, 3.63) is 125 Å². The van der Waals surface area contributed by atoms with Crippen molar-refractivity contribution in [2.75, 3.05) is 17.3 Å². The Morgan fingerprint density at radius 3 is 2.41 bits per heavy atom. The molecule has 41 heavy (non-hydrogen) atoms. The first kappa shape index (κ1) is 25.0. The molecule has 202 valence electrons. The number of anilines is 2. The van der Waals surface area contributed by atoms with Crippen LogP contribution in [0.3, 0.4) is 0 Å². The van der Waals surface area contributed by atoms with Gasteiger partial charge in [-0.25, -0.2) is 19.1 Å². The zero-order chi connectivity index (χ0) is 28.1. The van der Waals surface area contributed by atoms with E-state index < -0.39 is 0 Å². The van der Waals surface area contributed by atoms with Crippen molar-refractivity contribution in [2.45, 2.75) is 13.0 Å². The molecule has 7 nitrogen and oxygen atoms in total. The lowest BCUT2D eigenvalue weighted by atomic mass is 9.93. The van der Waals surface area contributed by atoms with E-state index >= 15 is 0 Å². The number of aromatic nitrogens is 2. The zero-order valence-electron chi connectivity index (χ0n) is 22.2. The molecule has 9 heteroatoms. The molecule has 0 fully saturated rings. The van der Waals surface area contributed by atoms with Gasteiger partial charge in [0.15, 0.2) is 17.5 Å². The number of nitrogens with zero attached hydrogens (tertiary/aromatic N) is 5. The third-order valence-corrected chi connectivity index (χ3v) is 7.53. The van der Waals surface area contributed by atoms with Crippen LogP contribution in [0.2, 0.25) is 5.02 Å². The topological polar surface area (TPSA) is 67.0 Å². The summed E-state index contributed by atoms with van der Waals surface area (Å²) in [6.07, 6.45) is 0. The molecule has 1 atom stereocenters. The van der Waals surface area contributed by atoms with E-state index in [9.17, 15) is 4.39 Å². The maximum absolute atomic E-state index is 14.1. The maximum atomic E-state index is 14.1. The molecule has 3 heterocycles. The Bertz CT molecular complexity index is 1850. The molecule has 0 radical (unpaired) electrons. The maximum Gasteiger partial charge on any atom is 0.179 e. The molecule has 0 saturated heterocycles. The number of methoxy groups -OCH3 is 1. The third kappa shape index (κ3) is 4.24. The number of amidine groups is 2. The molecule has 1 N–H and O–H groups in total. The quantitative estimate of drug-likeness (QED) is 0.243. The SMILES string of the molecule is COc1ccc(NC2=Nc3ccccc3N3C2=Nc2c(c(C)nn2-c2ccccc2)[C@H]3c2ccc(F)cc2)cc1Cl. The summed E-state index contributed by atoms with van der Waals surface area (Å²) in [5.41, 5.74) is 5.95. The summed E-state index contributed by atoms with van der Waals surface area (Å²) in [5.74, 6) is 2.12. The second-order valence-corrected chi connectivity index (χ2v) is 10.2. The van der Waals surface area contributed by atoms with E-state index in [1.54, 1.807) is 19.2 Å². The highest BCUT2D eigenvalue weighted by molar-refractivity contribution is 6.51. The van der Waals surface area contributed by atoms with Crippen LogP contribution in [0.1, 0.15) is 22.9 Å². The Morgan fingerprint density at radius 2 is 1.66 bits per heavy atom. The van der Waals surface area contributed by atoms with Gasteiger partial charge in [0.2, 0.25) is 0 Å². The molecule has 0 aliphatic carbocycles. The normalized spacial score (nSPS) is 15.3. The molecular formula is C32H24ClFN6O. The number of ether oxygens (including phenoxy) is 1. The van der Waals surface area contributed by atoms with E-state index in [-0.39, 0.29) is 11.9 Å². The molecule has 0 unspecified atom stereocenters. The predicted molar refractivity (Wildman–Crippen MR) is 161 cm³/mol. The number of benzene rings is 4. The summed E-state index contributed by atoms with van der Waals surface area (Å²) in [5, 5.41) is 8.84. The van der Waals surface area contributed by atoms with Crippen LogP contribution in [0.5, 0.6) is 5.75 Å². The van der Waals surface area contributed by atoms with Crippen molar-refractivity contribution in [1.82, 2.24) is 9.78 Å². The Morgan fingerprint density at radius 1 is 0.902 bits per heavy atom. The number of hydrogen-bond acceptors (Lipinski definition) is 6. The zero-order valence-corrected chi connectivity index (χ0v) is 23.0. The van der Waals surface area contributed by atoms with Crippen molar-refractivity contribution >= 4 is 46.2 Å². The monoisotopic (exact) mass is 562 g/mol. The van der Waals surface area contributed by atoms with E-state index in [0.717, 1.165) is 39.6 Å². The van der Waals surface area contributed by atoms with Crippen LogP contribution >= 0.6 is 11.6 Å². The summed E-state index contributed by atoms with van der Waals surface area (Å²) in [4.78, 5) is 12.3. The van der Waals surface area contributed by atoms with Crippen molar-refractivity contribution in [2.24, 2.45) is 9.98 Å². The lowest BCUT2D eigenvalue weighted by Crippen LogP contribution is -2.46. The van der Waals surface area contributed by atoms with Crippen molar-refractivity contribution in [3.8, 4) is 11.4 Å². The first-order valence-corrected chi connectivity index (χ1v) is 13.5. The summed E-state index contributed by atoms with van der Waals surface area (Å²) in [6.45, 7) is 1.98. The first-order valence-electron chi connectivity index (χ1n) is 13.1. The number of para-hydroxylation sites is 3. The molecular weight excluding hydrogens is 539 g/mol. The number of hydrogen-bond donors (Lipinski definition) is 1. The lowest BCUT2D eigenvalue weighted by Gasteiger charge is -2.40. The molecule has 2 aliphatic heterocycles. The Hall–Kier alpha value is -4.95. The van der Waals surface area contributed by atoms with Crippen LogP contribution in [0.25, 0.3) is 5.69 Å². The highest BCUT2D eigenvalue weighted by Crippen LogP contribution is 2.48. The highest BCUT2D eigenvalue weighted by Gasteiger charge is 2.41. The van der Waals surface area contributed by atoms with Gasteiger partial charge >= 0.3 is 0 Å². The second kappa shape index (κ2) is 9.91. The Labute approximate surface area is 241 Å². The first-order chi connectivity index (χ1) is 20.0. The largest absolute Gasteiger partial charge is 0.495 e. The number of rotatable bonds is 4. The minimum atomic E-state index is -0.344. The van der Waals surface area contributed by atoms with Gasteiger partial charge in [-0.1, -0.05) is 54.1 Å². The van der Waals surface area contributed by atoms with Gasteiger partial charge in [0.1, 0.15) is 11.6 Å². The van der Waals surface area contributed by atoms with Crippen LogP contribution in [0, 0.1) is 12.7 Å². The summed E-state index contributed by atoms with van der Waals surface area (Å²) < 4.78 is 21.3. The fraction of sp³-hybridized carbons (Fsp3) is 0.0938. The molecule has 4 aromatic carbocycles. The average molecular weight is 563 g/mol. The van der Waals surface area contributed by atoms with Crippen LogP contribution in [-0.2, 0) is 0 Å². The molecule has 1 aromatic heterocycles. The van der Waals surface area contributed by atoms with Crippen LogP contribution < -0.4 is 15.0 Å². The Kier molecular flexibility index (Phi) is 6.05. The van der Waals surface area contributed by atoms with Gasteiger partial charge in [-0.2, -0.15) is 5.10 Å². The number of aryl methyl sites for hydroxylation is 1. The van der Waals surface area contributed by atoms with Gasteiger partial charge in [-0.05, 0) is 67.1 Å². The average Bonchev–Trinajstić information content (AvgIpc) is 3.33. The number of aliphatic imine (C=N–C) groups is 2. The van der Waals surface area contributed by atoms with Crippen LogP contribution in [0.4, 0.5) is 27.3 Å². The standard InChI is InChI=1S/C32H24ClFN6O/c1-19-28-29(20-12-14-21(34)15-13-20)39-26-11-7-6-10-25(26)36-30(35-22-16-17-27(41-2)24(33)18-22)32(39)37-31(28)40(38-19)23-8-4-3-5-9-23/h3-18,29H,1-2H3,(H,35,36)/t29-/m1/s1. The number of halogens is 2. The van der Waals surface area contributed by atoms with Gasteiger partial charge in [0.25, 0.3) is 0 Å². The summed E-state index contributed by atoms with van der Waals surface area (Å²) in [7, 11) is 1.58. The molecule has 5 aromatic rings. The van der Waals surface area contributed by atoms with E-state index in [2.05, 4.69) is 10.2 Å². The molecule has 2 aliphatic rings. The van der Waals surface area contributed by atoms with Gasteiger partial charge < -0.3 is 15.0 Å². The second-order valence-electron chi connectivity index (χ2n) is 9.75. The van der Waals surface area contributed by atoms with E-state index in [1.165, 1.54) is 12.1 Å². The lowest BCUT2D eigenvalue weighted by molar-refractivity contribution is 0.415. The van der Waals surface area contributed by atoms with Gasteiger partial charge in [-0.15, -0.1) is 0 Å². The molecule has 7 rings (SSSR count). The fourth-order valence-electron chi connectivity index (χ4n) is 5.39. The minimum absolute atomic E-state index is 0.297. The van der Waals surface area contributed by atoms with Gasteiger partial charge in [0, 0.05) is 11.3 Å². The molecule has 0 bridgehead atoms. The third-order valence-electron chi connectivity index (χ3n) is 7.24. The molecule has 0 saturated carbocycles. The smallest absolute Gasteiger partial charge is 0.179 e. The van der Waals surface area contributed by atoms with E-state index in [0.29, 0.717) is 28.3 Å². The van der Waals surface area contributed by atoms with Crippen molar-refractivity contribution in [1.29, 1.82) is 0 Å². The number of nitrogens with one attached hydrogen (secondary N) is 1. The van der Waals surface area contributed by atoms with Crippen molar-refractivity contribution in [3.63, 3.8) is 0 Å².